The fourth-order valence-corrected chi connectivity index (χ4v) is 4.72. The molecular weight excluding hydrogens is 400 g/mol. The molecule has 0 radical (unpaired) electrons. The van der Waals surface area contributed by atoms with Crippen molar-refractivity contribution in [2.45, 2.75) is 12.5 Å². The second-order valence-corrected chi connectivity index (χ2v) is 8.01. The Morgan fingerprint density at radius 3 is 2.90 bits per heavy atom. The number of esters is 1. The Morgan fingerprint density at radius 2 is 2.10 bits per heavy atom. The van der Waals surface area contributed by atoms with E-state index in [4.69, 9.17) is 4.74 Å². The van der Waals surface area contributed by atoms with E-state index in [9.17, 15) is 9.59 Å². The maximum absolute atomic E-state index is 12.3. The van der Waals surface area contributed by atoms with Crippen LogP contribution in [-0.2, 0) is 11.3 Å². The number of ether oxygens (including phenoxy) is 1. The van der Waals surface area contributed by atoms with Gasteiger partial charge in [0.15, 0.2) is 0 Å². The molecule has 2 aliphatic rings. The number of carbonyl (C=O) groups excluding carboxylic acids is 1. The average molecular weight is 418 g/mol. The number of nitrogens with one attached hydrogen (secondary N) is 2. The van der Waals surface area contributed by atoms with Gasteiger partial charge >= 0.3 is 5.97 Å². The van der Waals surface area contributed by atoms with Gasteiger partial charge in [-0.3, -0.25) is 4.79 Å². The Morgan fingerprint density at radius 1 is 1.23 bits per heavy atom. The van der Waals surface area contributed by atoms with Gasteiger partial charge in [0.25, 0.3) is 5.56 Å². The van der Waals surface area contributed by atoms with Crippen LogP contribution in [0.2, 0.25) is 0 Å². The molecule has 0 bridgehead atoms. The van der Waals surface area contributed by atoms with E-state index in [1.165, 1.54) is 12.0 Å². The largest absolute Gasteiger partial charge is 0.465 e. The maximum atomic E-state index is 12.3. The van der Waals surface area contributed by atoms with Crippen molar-refractivity contribution < 1.29 is 9.53 Å². The number of aromatic nitrogens is 4. The standard InChI is InChI=1S/C22H18N4O3S/c1-29-22(28)17-12-26(11-16-20(17)24-25-21(16)27)10-15(19-7-4-8-30-19)14-9-23-18-6-3-2-5-13(14)18/h2-9,11-12,15,23H,10H2,1H3,(H,25,27)/t15-/m0/s1. The molecule has 0 fully saturated rings. The molecule has 2 N–H and O–H groups in total. The molecule has 2 aliphatic heterocycles. The molecular formula is C22H18N4O3S. The number of fused-ring (bicyclic) bond motifs is 2. The summed E-state index contributed by atoms with van der Waals surface area (Å²) in [6, 6.07) is 12.3. The van der Waals surface area contributed by atoms with Crippen LogP contribution in [0.25, 0.3) is 22.2 Å². The van der Waals surface area contributed by atoms with Crippen LogP contribution in [0.15, 0.2) is 65.2 Å². The quantitative estimate of drug-likeness (QED) is 0.424. The second kappa shape index (κ2) is 7.31. The number of pyridine rings is 1. The molecule has 5 rings (SSSR count). The molecule has 4 heterocycles. The third-order valence-corrected chi connectivity index (χ3v) is 6.28. The number of rotatable bonds is 5. The molecule has 8 heteroatoms. The molecule has 1 aromatic carbocycles. The highest BCUT2D eigenvalue weighted by Gasteiger charge is 2.24. The lowest BCUT2D eigenvalue weighted by Crippen LogP contribution is -2.15. The van der Waals surface area contributed by atoms with E-state index < -0.39 is 5.97 Å². The van der Waals surface area contributed by atoms with E-state index in [2.05, 4.69) is 32.7 Å². The summed E-state index contributed by atoms with van der Waals surface area (Å²) in [5.74, 6) is -0.489. The van der Waals surface area contributed by atoms with Crippen LogP contribution in [0.1, 0.15) is 26.7 Å². The Kier molecular flexibility index (Phi) is 4.48. The van der Waals surface area contributed by atoms with Gasteiger partial charge < -0.3 is 14.3 Å². The summed E-state index contributed by atoms with van der Waals surface area (Å²) >= 11 is 1.68. The molecule has 0 aliphatic carbocycles. The average Bonchev–Trinajstić information content (AvgIpc) is 3.52. The monoisotopic (exact) mass is 418 g/mol. The van der Waals surface area contributed by atoms with Crippen LogP contribution in [0.3, 0.4) is 0 Å². The highest BCUT2D eigenvalue weighted by atomic mass is 32.1. The van der Waals surface area contributed by atoms with Gasteiger partial charge in [0.05, 0.1) is 12.7 Å². The van der Waals surface area contributed by atoms with Crippen LogP contribution in [-0.4, -0.2) is 32.8 Å². The van der Waals surface area contributed by atoms with Crippen LogP contribution in [0.4, 0.5) is 0 Å². The minimum Gasteiger partial charge on any atom is -0.465 e. The van der Waals surface area contributed by atoms with Crippen molar-refractivity contribution in [2.75, 3.05) is 7.11 Å². The first-order chi connectivity index (χ1) is 14.7. The minimum absolute atomic E-state index is 0.0381. The van der Waals surface area contributed by atoms with E-state index >= 15 is 0 Å². The zero-order valence-corrected chi connectivity index (χ0v) is 16.9. The van der Waals surface area contributed by atoms with Gasteiger partial charge in [0.2, 0.25) is 0 Å². The smallest absolute Gasteiger partial charge is 0.341 e. The van der Waals surface area contributed by atoms with Gasteiger partial charge in [-0.25, -0.2) is 9.89 Å². The third-order valence-electron chi connectivity index (χ3n) is 5.30. The molecule has 0 spiro atoms. The maximum Gasteiger partial charge on any atom is 0.341 e. The molecule has 1 atom stereocenters. The fourth-order valence-electron chi connectivity index (χ4n) is 3.88. The Balaban J connectivity index is 1.65. The first kappa shape index (κ1) is 18.4. The lowest BCUT2D eigenvalue weighted by atomic mass is 9.96. The van der Waals surface area contributed by atoms with Gasteiger partial charge in [0.1, 0.15) is 11.3 Å². The van der Waals surface area contributed by atoms with Gasteiger partial charge in [-0.05, 0) is 23.1 Å². The van der Waals surface area contributed by atoms with Gasteiger partial charge in [-0.15, -0.1) is 11.3 Å². The minimum atomic E-state index is -0.527. The number of carbonyl (C=O) groups is 1. The van der Waals surface area contributed by atoms with Gasteiger partial charge in [0, 0.05) is 46.8 Å². The van der Waals surface area contributed by atoms with Crippen LogP contribution < -0.4 is 5.56 Å². The summed E-state index contributed by atoms with van der Waals surface area (Å²) in [6.07, 6.45) is 5.47. The van der Waals surface area contributed by atoms with Crippen LogP contribution in [0, 0.1) is 0 Å². The number of benzene rings is 1. The van der Waals surface area contributed by atoms with Crippen molar-refractivity contribution in [3.05, 3.63) is 86.7 Å². The highest BCUT2D eigenvalue weighted by molar-refractivity contribution is 7.10. The number of H-pyrrole nitrogens is 2. The molecule has 0 amide bonds. The number of para-hydroxylation sites is 1. The number of methoxy groups -OCH3 is 1. The Hall–Kier alpha value is -3.65. The molecule has 0 saturated heterocycles. The summed E-state index contributed by atoms with van der Waals surface area (Å²) in [6.45, 7) is 0.549. The van der Waals surface area contributed by atoms with Crippen molar-refractivity contribution in [3.63, 3.8) is 0 Å². The molecule has 2 aromatic heterocycles. The predicted octanol–water partition coefficient (Wildman–Crippen LogP) is 3.84. The summed E-state index contributed by atoms with van der Waals surface area (Å²) in [7, 11) is 1.32. The normalized spacial score (nSPS) is 12.4. The lowest BCUT2D eigenvalue weighted by molar-refractivity contribution is 0.0600. The third kappa shape index (κ3) is 3.02. The van der Waals surface area contributed by atoms with Crippen molar-refractivity contribution >= 4 is 28.2 Å². The van der Waals surface area contributed by atoms with E-state index in [1.54, 1.807) is 23.7 Å². The second-order valence-electron chi connectivity index (χ2n) is 7.03. The van der Waals surface area contributed by atoms with E-state index in [0.29, 0.717) is 17.8 Å². The Bertz CT molecular complexity index is 1360. The molecule has 150 valence electrons. The number of thiophene rings is 1. The zero-order valence-electron chi connectivity index (χ0n) is 16.1. The summed E-state index contributed by atoms with van der Waals surface area (Å²) in [5, 5.41) is 9.62. The molecule has 30 heavy (non-hydrogen) atoms. The predicted molar refractivity (Wildman–Crippen MR) is 115 cm³/mol. The van der Waals surface area contributed by atoms with Crippen molar-refractivity contribution in [3.8, 4) is 11.3 Å². The van der Waals surface area contributed by atoms with Crippen LogP contribution >= 0.6 is 11.3 Å². The highest BCUT2D eigenvalue weighted by Crippen LogP contribution is 2.35. The number of hydrogen-bond donors (Lipinski definition) is 2. The number of aromatic amines is 2. The number of nitrogens with zero attached hydrogens (tertiary/aromatic N) is 2. The molecule has 7 nitrogen and oxygen atoms in total. The zero-order chi connectivity index (χ0) is 20.7. The van der Waals surface area contributed by atoms with Gasteiger partial charge in [-0.2, -0.15) is 5.10 Å². The van der Waals surface area contributed by atoms with Crippen molar-refractivity contribution in [2.24, 2.45) is 0 Å². The van der Waals surface area contributed by atoms with E-state index in [-0.39, 0.29) is 17.0 Å². The molecule has 0 saturated carbocycles. The molecule has 3 aromatic rings. The fraction of sp³-hybridized carbons (Fsp3) is 0.136. The first-order valence-corrected chi connectivity index (χ1v) is 10.3. The van der Waals surface area contributed by atoms with Crippen molar-refractivity contribution in [1.29, 1.82) is 0 Å². The van der Waals surface area contributed by atoms with Crippen molar-refractivity contribution in [1.82, 2.24) is 19.7 Å². The summed E-state index contributed by atoms with van der Waals surface area (Å²) in [4.78, 5) is 29.1. The summed E-state index contributed by atoms with van der Waals surface area (Å²) < 4.78 is 6.78. The van der Waals surface area contributed by atoms with E-state index in [0.717, 1.165) is 16.5 Å². The topological polar surface area (TPSA) is 92.8 Å². The number of hydrogen-bond acceptors (Lipinski definition) is 5. The van der Waals surface area contributed by atoms with Gasteiger partial charge in [-0.1, -0.05) is 24.3 Å². The lowest BCUT2D eigenvalue weighted by Gasteiger charge is -2.19. The summed E-state index contributed by atoms with van der Waals surface area (Å²) in [5.41, 5.74) is 2.85. The first-order valence-electron chi connectivity index (χ1n) is 9.41. The SMILES string of the molecule is COC(=O)c1cn(C[C@H](c2cccs2)c2c[nH]c3ccccc23)cc2c(=O)[nH]nc1-2. The van der Waals surface area contributed by atoms with Crippen LogP contribution in [0.5, 0.6) is 0 Å². The van der Waals surface area contributed by atoms with E-state index in [1.807, 2.05) is 35.0 Å². The molecule has 0 unspecified atom stereocenters. The Labute approximate surface area is 175 Å².